The maximum Gasteiger partial charge on any atom is 0.309 e. The molecule has 0 aromatic heterocycles. The van der Waals surface area contributed by atoms with Gasteiger partial charge in [0.15, 0.2) is 17.7 Å². The van der Waals surface area contributed by atoms with Gasteiger partial charge in [0.05, 0.1) is 10.8 Å². The van der Waals surface area contributed by atoms with E-state index in [1.54, 1.807) is 0 Å². The van der Waals surface area contributed by atoms with Gasteiger partial charge in [-0.15, -0.1) is 0 Å². The largest absolute Gasteiger partial charge is 0.452 e. The Morgan fingerprint density at radius 2 is 1.84 bits per heavy atom. The molecule has 0 spiro atoms. The first-order valence-electron chi connectivity index (χ1n) is 7.58. The molecule has 1 saturated heterocycles. The molecule has 1 aromatic rings. The van der Waals surface area contributed by atoms with E-state index in [0.717, 1.165) is 16.4 Å². The highest BCUT2D eigenvalue weighted by atomic mass is 32.2. The van der Waals surface area contributed by atoms with Gasteiger partial charge in [-0.25, -0.2) is 17.2 Å². The normalized spacial score (nSPS) is 17.9. The molecule has 138 valence electrons. The van der Waals surface area contributed by atoms with Gasteiger partial charge in [0, 0.05) is 13.1 Å². The molecule has 0 radical (unpaired) electrons. The highest BCUT2D eigenvalue weighted by Gasteiger charge is 2.34. The maximum absolute atomic E-state index is 13.3. The van der Waals surface area contributed by atoms with Crippen molar-refractivity contribution in [1.82, 2.24) is 4.31 Å². The van der Waals surface area contributed by atoms with Gasteiger partial charge in [0.2, 0.25) is 10.0 Å². The number of benzene rings is 1. The van der Waals surface area contributed by atoms with Crippen molar-refractivity contribution in [3.63, 3.8) is 0 Å². The van der Waals surface area contributed by atoms with Crippen LogP contribution in [0, 0.1) is 17.6 Å². The topological polar surface area (TPSA) is 107 Å². The van der Waals surface area contributed by atoms with Crippen molar-refractivity contribution in [3.8, 4) is 0 Å². The van der Waals surface area contributed by atoms with Crippen molar-refractivity contribution in [2.75, 3.05) is 13.1 Å². The van der Waals surface area contributed by atoms with E-state index < -0.39 is 45.6 Å². The molecule has 1 heterocycles. The van der Waals surface area contributed by atoms with E-state index in [1.807, 2.05) is 0 Å². The van der Waals surface area contributed by atoms with Crippen molar-refractivity contribution in [2.24, 2.45) is 11.7 Å². The van der Waals surface area contributed by atoms with E-state index in [1.165, 1.54) is 6.92 Å². The zero-order chi connectivity index (χ0) is 18.8. The zero-order valence-corrected chi connectivity index (χ0v) is 14.3. The van der Waals surface area contributed by atoms with Crippen LogP contribution in [0.1, 0.15) is 19.8 Å². The number of halogens is 2. The number of amides is 1. The third-order valence-electron chi connectivity index (χ3n) is 4.01. The van der Waals surface area contributed by atoms with Crippen LogP contribution in [0.25, 0.3) is 0 Å². The van der Waals surface area contributed by atoms with Gasteiger partial charge in [0.25, 0.3) is 5.91 Å². The summed E-state index contributed by atoms with van der Waals surface area (Å²) >= 11 is 0. The number of ether oxygens (including phenoxy) is 1. The van der Waals surface area contributed by atoms with Crippen LogP contribution in [0.15, 0.2) is 23.1 Å². The molecular weight excluding hydrogens is 358 g/mol. The molecule has 1 fully saturated rings. The molecular formula is C15H18F2N2O5S. The summed E-state index contributed by atoms with van der Waals surface area (Å²) in [5, 5.41) is 0. The maximum atomic E-state index is 13.3. The number of nitrogens with two attached hydrogens (primary N) is 1. The minimum atomic E-state index is -3.99. The van der Waals surface area contributed by atoms with Gasteiger partial charge in [0.1, 0.15) is 0 Å². The summed E-state index contributed by atoms with van der Waals surface area (Å²) in [4.78, 5) is 22.5. The lowest BCUT2D eigenvalue weighted by Gasteiger charge is -2.30. The van der Waals surface area contributed by atoms with Crippen LogP contribution in [0.4, 0.5) is 8.78 Å². The van der Waals surface area contributed by atoms with Crippen molar-refractivity contribution < 1.29 is 31.5 Å². The van der Waals surface area contributed by atoms with E-state index in [0.29, 0.717) is 6.07 Å². The first-order valence-corrected chi connectivity index (χ1v) is 9.02. The SMILES string of the molecule is CC(OC(=O)C1CCN(S(=O)(=O)c2ccc(F)c(F)c2)CC1)C(N)=O. The van der Waals surface area contributed by atoms with Crippen LogP contribution in [-0.4, -0.2) is 43.8 Å². The fourth-order valence-electron chi connectivity index (χ4n) is 2.45. The Kier molecular flexibility index (Phi) is 5.73. The molecule has 0 aliphatic carbocycles. The molecule has 1 unspecified atom stereocenters. The zero-order valence-electron chi connectivity index (χ0n) is 13.4. The summed E-state index contributed by atoms with van der Waals surface area (Å²) < 4.78 is 57.2. The minimum Gasteiger partial charge on any atom is -0.452 e. The summed E-state index contributed by atoms with van der Waals surface area (Å²) in [6, 6.07) is 2.36. The molecule has 1 amide bonds. The quantitative estimate of drug-likeness (QED) is 0.765. The number of piperidine rings is 1. The van der Waals surface area contributed by atoms with E-state index >= 15 is 0 Å². The molecule has 1 aliphatic heterocycles. The van der Waals surface area contributed by atoms with Crippen LogP contribution < -0.4 is 5.73 Å². The van der Waals surface area contributed by atoms with E-state index in [2.05, 4.69) is 0 Å². The predicted octanol–water partition coefficient (Wildman–Crippen LogP) is 0.782. The second kappa shape index (κ2) is 7.44. The number of carbonyl (C=O) groups excluding carboxylic acids is 2. The number of hydrogen-bond acceptors (Lipinski definition) is 5. The number of carbonyl (C=O) groups is 2. The number of nitrogens with zero attached hydrogens (tertiary/aromatic N) is 1. The van der Waals surface area contributed by atoms with Crippen LogP contribution in [0.5, 0.6) is 0 Å². The van der Waals surface area contributed by atoms with Gasteiger partial charge in [-0.1, -0.05) is 0 Å². The Bertz CT molecular complexity index is 776. The average Bonchev–Trinajstić information content (AvgIpc) is 2.57. The molecule has 2 rings (SSSR count). The molecule has 2 N–H and O–H groups in total. The lowest BCUT2D eigenvalue weighted by molar-refractivity contribution is -0.159. The van der Waals surface area contributed by atoms with Crippen molar-refractivity contribution in [3.05, 3.63) is 29.8 Å². The molecule has 25 heavy (non-hydrogen) atoms. The van der Waals surface area contributed by atoms with Crippen LogP contribution >= 0.6 is 0 Å². The highest BCUT2D eigenvalue weighted by Crippen LogP contribution is 2.25. The van der Waals surface area contributed by atoms with Crippen LogP contribution in [0.2, 0.25) is 0 Å². The fourth-order valence-corrected chi connectivity index (χ4v) is 3.93. The molecule has 0 bridgehead atoms. The summed E-state index contributed by atoms with van der Waals surface area (Å²) in [5.74, 6) is -4.33. The lowest BCUT2D eigenvalue weighted by atomic mass is 9.98. The number of rotatable bonds is 5. The molecule has 1 atom stereocenters. The van der Waals surface area contributed by atoms with E-state index in [4.69, 9.17) is 10.5 Å². The van der Waals surface area contributed by atoms with Crippen LogP contribution in [0.3, 0.4) is 0 Å². The monoisotopic (exact) mass is 376 g/mol. The second-order valence-corrected chi connectivity index (χ2v) is 7.67. The number of hydrogen-bond donors (Lipinski definition) is 1. The molecule has 1 aliphatic rings. The summed E-state index contributed by atoms with van der Waals surface area (Å²) in [6.07, 6.45) is -0.683. The number of primary amides is 1. The lowest BCUT2D eigenvalue weighted by Crippen LogP contribution is -2.41. The first-order chi connectivity index (χ1) is 11.6. The smallest absolute Gasteiger partial charge is 0.309 e. The molecule has 7 nitrogen and oxygen atoms in total. The van der Waals surface area contributed by atoms with E-state index in [-0.39, 0.29) is 30.8 Å². The Morgan fingerprint density at radius 3 is 2.36 bits per heavy atom. The van der Waals surface area contributed by atoms with Gasteiger partial charge in [-0.2, -0.15) is 4.31 Å². The fraction of sp³-hybridized carbons (Fsp3) is 0.467. The Labute approximate surface area is 143 Å². The average molecular weight is 376 g/mol. The van der Waals surface area contributed by atoms with Crippen LogP contribution in [-0.2, 0) is 24.3 Å². The van der Waals surface area contributed by atoms with Crippen molar-refractivity contribution >= 4 is 21.9 Å². The third-order valence-corrected chi connectivity index (χ3v) is 5.90. The first kappa shape index (κ1) is 19.3. The highest BCUT2D eigenvalue weighted by molar-refractivity contribution is 7.89. The van der Waals surface area contributed by atoms with Gasteiger partial charge in [-0.05, 0) is 38.0 Å². The minimum absolute atomic E-state index is 0.0199. The predicted molar refractivity (Wildman–Crippen MR) is 82.6 cm³/mol. The van der Waals surface area contributed by atoms with Gasteiger partial charge >= 0.3 is 5.97 Å². The summed E-state index contributed by atoms with van der Waals surface area (Å²) in [7, 11) is -3.99. The second-order valence-electron chi connectivity index (χ2n) is 5.74. The Hall–Kier alpha value is -2.07. The van der Waals surface area contributed by atoms with Gasteiger partial charge < -0.3 is 10.5 Å². The molecule has 10 heteroatoms. The molecule has 0 saturated carbocycles. The Balaban J connectivity index is 2.02. The third kappa shape index (κ3) is 4.31. The summed E-state index contributed by atoms with van der Waals surface area (Å²) in [6.45, 7) is 1.39. The van der Waals surface area contributed by atoms with E-state index in [9.17, 15) is 26.8 Å². The number of sulfonamides is 1. The summed E-state index contributed by atoms with van der Waals surface area (Å²) in [5.41, 5.74) is 5.02. The number of esters is 1. The Morgan fingerprint density at radius 1 is 1.24 bits per heavy atom. The van der Waals surface area contributed by atoms with Gasteiger partial charge in [-0.3, -0.25) is 9.59 Å². The standard InChI is InChI=1S/C15H18F2N2O5S/c1-9(14(18)20)24-15(21)10-4-6-19(7-5-10)25(22,23)11-2-3-12(16)13(17)8-11/h2-3,8-10H,4-7H2,1H3,(H2,18,20). The molecule has 1 aromatic carbocycles. The van der Waals surface area contributed by atoms with Crippen molar-refractivity contribution in [1.29, 1.82) is 0 Å². The van der Waals surface area contributed by atoms with Crippen molar-refractivity contribution in [2.45, 2.75) is 30.8 Å².